The number of anilines is 1. The van der Waals surface area contributed by atoms with Crippen LogP contribution in [0, 0.1) is 18.3 Å². The number of carbonyl (C=O) groups excluding carboxylic acids is 1. The molecule has 1 unspecified atom stereocenters. The normalized spacial score (nSPS) is 19.0. The lowest BCUT2D eigenvalue weighted by Gasteiger charge is -2.22. The number of thioether (sulfide) groups is 1. The van der Waals surface area contributed by atoms with Crippen LogP contribution in [-0.4, -0.2) is 30.0 Å². The van der Waals surface area contributed by atoms with Crippen LogP contribution in [0.25, 0.3) is 0 Å². The average Bonchev–Trinajstić information content (AvgIpc) is 2.42. The Morgan fingerprint density at radius 2 is 2.44 bits per heavy atom. The SMILES string of the molecule is Cc1ccc(C#N)cc1NC(=O)C1CSCCN1. The zero-order valence-electron chi connectivity index (χ0n) is 10.2. The van der Waals surface area contributed by atoms with Gasteiger partial charge in [0.2, 0.25) is 5.91 Å². The van der Waals surface area contributed by atoms with Gasteiger partial charge < -0.3 is 10.6 Å². The Morgan fingerprint density at radius 3 is 3.11 bits per heavy atom. The van der Waals surface area contributed by atoms with E-state index in [1.807, 2.05) is 13.0 Å². The van der Waals surface area contributed by atoms with Crippen molar-refractivity contribution in [3.8, 4) is 6.07 Å². The van der Waals surface area contributed by atoms with Crippen LogP contribution >= 0.6 is 11.8 Å². The number of aryl methyl sites for hydroxylation is 1. The molecule has 0 aromatic heterocycles. The second kappa shape index (κ2) is 5.89. The van der Waals surface area contributed by atoms with Gasteiger partial charge in [0.1, 0.15) is 0 Å². The summed E-state index contributed by atoms with van der Waals surface area (Å²) in [6.07, 6.45) is 0. The molecule has 18 heavy (non-hydrogen) atoms. The van der Waals surface area contributed by atoms with E-state index >= 15 is 0 Å². The summed E-state index contributed by atoms with van der Waals surface area (Å²) in [6, 6.07) is 7.24. The number of nitriles is 1. The lowest BCUT2D eigenvalue weighted by Crippen LogP contribution is -2.46. The van der Waals surface area contributed by atoms with Crippen molar-refractivity contribution in [2.24, 2.45) is 0 Å². The van der Waals surface area contributed by atoms with Crippen LogP contribution in [0.1, 0.15) is 11.1 Å². The first-order valence-corrected chi connectivity index (χ1v) is 6.99. The van der Waals surface area contributed by atoms with Crippen LogP contribution in [0.15, 0.2) is 18.2 Å². The zero-order valence-corrected chi connectivity index (χ0v) is 11.0. The number of hydrogen-bond donors (Lipinski definition) is 2. The quantitative estimate of drug-likeness (QED) is 0.847. The summed E-state index contributed by atoms with van der Waals surface area (Å²) < 4.78 is 0. The fourth-order valence-corrected chi connectivity index (χ4v) is 2.71. The molecule has 0 spiro atoms. The first kappa shape index (κ1) is 12.9. The van der Waals surface area contributed by atoms with Gasteiger partial charge in [-0.1, -0.05) is 6.07 Å². The maximum Gasteiger partial charge on any atom is 0.242 e. The lowest BCUT2D eigenvalue weighted by atomic mass is 10.1. The highest BCUT2D eigenvalue weighted by Crippen LogP contribution is 2.17. The molecular weight excluding hydrogens is 246 g/mol. The maximum absolute atomic E-state index is 12.0. The molecule has 1 amide bonds. The minimum atomic E-state index is -0.145. The molecule has 0 saturated carbocycles. The Bertz CT molecular complexity index is 489. The molecule has 1 aromatic rings. The van der Waals surface area contributed by atoms with E-state index in [9.17, 15) is 4.79 Å². The van der Waals surface area contributed by atoms with Gasteiger partial charge in [-0.3, -0.25) is 4.79 Å². The number of hydrogen-bond acceptors (Lipinski definition) is 4. The molecule has 1 aliphatic rings. The number of nitrogens with one attached hydrogen (secondary N) is 2. The van der Waals surface area contributed by atoms with E-state index in [-0.39, 0.29) is 11.9 Å². The molecule has 2 rings (SSSR count). The summed E-state index contributed by atoms with van der Waals surface area (Å²) >= 11 is 1.78. The lowest BCUT2D eigenvalue weighted by molar-refractivity contribution is -0.117. The van der Waals surface area contributed by atoms with Gasteiger partial charge in [0.05, 0.1) is 17.7 Å². The van der Waals surface area contributed by atoms with Crippen molar-refractivity contribution in [3.63, 3.8) is 0 Å². The molecule has 5 heteroatoms. The second-order valence-electron chi connectivity index (χ2n) is 4.21. The minimum Gasteiger partial charge on any atom is -0.324 e. The van der Waals surface area contributed by atoms with Gasteiger partial charge in [0, 0.05) is 23.7 Å². The van der Waals surface area contributed by atoms with E-state index in [2.05, 4.69) is 16.7 Å². The van der Waals surface area contributed by atoms with Gasteiger partial charge in [-0.25, -0.2) is 0 Å². The Morgan fingerprint density at radius 1 is 1.61 bits per heavy atom. The molecule has 94 valence electrons. The predicted octanol–water partition coefficient (Wildman–Crippen LogP) is 1.51. The molecule has 0 radical (unpaired) electrons. The fraction of sp³-hybridized carbons (Fsp3) is 0.385. The summed E-state index contributed by atoms with van der Waals surface area (Å²) in [4.78, 5) is 12.0. The van der Waals surface area contributed by atoms with Crippen LogP contribution in [0.4, 0.5) is 5.69 Å². The van der Waals surface area contributed by atoms with Crippen molar-refractivity contribution >= 4 is 23.4 Å². The molecule has 1 heterocycles. The van der Waals surface area contributed by atoms with E-state index in [4.69, 9.17) is 5.26 Å². The van der Waals surface area contributed by atoms with E-state index in [0.29, 0.717) is 5.56 Å². The second-order valence-corrected chi connectivity index (χ2v) is 5.36. The van der Waals surface area contributed by atoms with E-state index < -0.39 is 0 Å². The smallest absolute Gasteiger partial charge is 0.242 e. The third-order valence-corrected chi connectivity index (χ3v) is 3.92. The van der Waals surface area contributed by atoms with Crippen LogP contribution < -0.4 is 10.6 Å². The van der Waals surface area contributed by atoms with Gasteiger partial charge in [0.25, 0.3) is 0 Å². The van der Waals surface area contributed by atoms with E-state index in [0.717, 1.165) is 29.3 Å². The van der Waals surface area contributed by atoms with Crippen molar-refractivity contribution in [1.82, 2.24) is 5.32 Å². The molecule has 1 saturated heterocycles. The molecular formula is C13H15N3OS. The highest BCUT2D eigenvalue weighted by molar-refractivity contribution is 7.99. The number of nitrogens with zero attached hydrogens (tertiary/aromatic N) is 1. The molecule has 1 aromatic carbocycles. The topological polar surface area (TPSA) is 64.9 Å². The molecule has 2 N–H and O–H groups in total. The minimum absolute atomic E-state index is 0.0274. The highest BCUT2D eigenvalue weighted by atomic mass is 32.2. The van der Waals surface area contributed by atoms with Gasteiger partial charge in [-0.2, -0.15) is 17.0 Å². The van der Waals surface area contributed by atoms with Crippen molar-refractivity contribution in [3.05, 3.63) is 29.3 Å². The van der Waals surface area contributed by atoms with Crippen molar-refractivity contribution in [2.45, 2.75) is 13.0 Å². The zero-order chi connectivity index (χ0) is 13.0. The predicted molar refractivity (Wildman–Crippen MR) is 73.6 cm³/mol. The Hall–Kier alpha value is -1.51. The van der Waals surface area contributed by atoms with Crippen LogP contribution in [0.3, 0.4) is 0 Å². The summed E-state index contributed by atoms with van der Waals surface area (Å²) in [7, 11) is 0. The van der Waals surface area contributed by atoms with Crippen LogP contribution in [0.5, 0.6) is 0 Å². The van der Waals surface area contributed by atoms with Crippen molar-refractivity contribution in [2.75, 3.05) is 23.4 Å². The third kappa shape index (κ3) is 3.03. The van der Waals surface area contributed by atoms with Gasteiger partial charge in [-0.15, -0.1) is 0 Å². The molecule has 1 atom stereocenters. The molecule has 4 nitrogen and oxygen atoms in total. The van der Waals surface area contributed by atoms with Gasteiger partial charge >= 0.3 is 0 Å². The highest BCUT2D eigenvalue weighted by Gasteiger charge is 2.21. The first-order valence-electron chi connectivity index (χ1n) is 5.83. The molecule has 0 aliphatic carbocycles. The van der Waals surface area contributed by atoms with Crippen molar-refractivity contribution < 1.29 is 4.79 Å². The monoisotopic (exact) mass is 261 g/mol. The first-order chi connectivity index (χ1) is 8.70. The van der Waals surface area contributed by atoms with Crippen molar-refractivity contribution in [1.29, 1.82) is 5.26 Å². The molecule has 1 aliphatic heterocycles. The summed E-state index contributed by atoms with van der Waals surface area (Å²) in [5, 5.41) is 14.9. The third-order valence-electron chi connectivity index (χ3n) is 2.86. The molecule has 0 bridgehead atoms. The number of amides is 1. The largest absolute Gasteiger partial charge is 0.324 e. The van der Waals surface area contributed by atoms with Crippen LogP contribution in [-0.2, 0) is 4.79 Å². The number of carbonyl (C=O) groups is 1. The van der Waals surface area contributed by atoms with Gasteiger partial charge in [-0.05, 0) is 24.6 Å². The Kier molecular flexibility index (Phi) is 4.24. The van der Waals surface area contributed by atoms with Gasteiger partial charge in [0.15, 0.2) is 0 Å². The average molecular weight is 261 g/mol. The summed E-state index contributed by atoms with van der Waals surface area (Å²) in [5.74, 6) is 1.82. The number of benzene rings is 1. The Labute approximate surface area is 111 Å². The maximum atomic E-state index is 12.0. The summed E-state index contributed by atoms with van der Waals surface area (Å²) in [5.41, 5.74) is 2.24. The number of rotatable bonds is 2. The summed E-state index contributed by atoms with van der Waals surface area (Å²) in [6.45, 7) is 2.78. The van der Waals surface area contributed by atoms with Crippen LogP contribution in [0.2, 0.25) is 0 Å². The standard InChI is InChI=1S/C13H15N3OS/c1-9-2-3-10(7-14)6-11(9)16-13(17)12-8-18-5-4-15-12/h2-3,6,12,15H,4-5,8H2,1H3,(H,16,17). The Balaban J connectivity index is 2.08. The fourth-order valence-electron chi connectivity index (χ4n) is 1.78. The van der Waals surface area contributed by atoms with E-state index in [1.54, 1.807) is 23.9 Å². The molecule has 1 fully saturated rings. The van der Waals surface area contributed by atoms with E-state index in [1.165, 1.54) is 0 Å².